The van der Waals surface area contributed by atoms with E-state index in [1.54, 1.807) is 0 Å². The molecule has 0 radical (unpaired) electrons. The predicted molar refractivity (Wildman–Crippen MR) is 50.9 cm³/mol. The summed E-state index contributed by atoms with van der Waals surface area (Å²) in [7, 11) is 0. The fourth-order valence-electron chi connectivity index (χ4n) is 0.976. The van der Waals surface area contributed by atoms with E-state index in [0.717, 1.165) is 0 Å². The topological polar surface area (TPSA) is 118 Å². The summed E-state index contributed by atoms with van der Waals surface area (Å²) in [6.45, 7) is 2.50. The van der Waals surface area contributed by atoms with Crippen molar-refractivity contribution in [3.63, 3.8) is 0 Å². The zero-order valence-corrected chi connectivity index (χ0v) is 8.15. The smallest absolute Gasteiger partial charge is 0.167 e. The number of allylic oxidation sites excluding steroid dienone is 1. The first kappa shape index (κ1) is 14.2. The molecule has 5 N–H and O–H groups in total. The van der Waals surface area contributed by atoms with Crippen molar-refractivity contribution >= 4 is 5.78 Å². The molecule has 0 saturated heterocycles. The maximum atomic E-state index is 11.1. The first-order chi connectivity index (χ1) is 6.95. The van der Waals surface area contributed by atoms with Crippen molar-refractivity contribution in [3.05, 3.63) is 12.7 Å². The van der Waals surface area contributed by atoms with Crippen LogP contribution < -0.4 is 0 Å². The molecule has 88 valence electrons. The van der Waals surface area contributed by atoms with Gasteiger partial charge in [0.05, 0.1) is 6.61 Å². The van der Waals surface area contributed by atoms with Crippen LogP contribution in [0.5, 0.6) is 0 Å². The standard InChI is InChI=1S/C9H16O6/c1-2-3-5(11)7(13)9(15)8(14)6(12)4-10/h2,6-10,12-15H,1,3-4H2/t6-,7+,8-,9-/m1/s1. The van der Waals surface area contributed by atoms with E-state index in [1.807, 2.05) is 0 Å². The lowest BCUT2D eigenvalue weighted by molar-refractivity contribution is -0.146. The lowest BCUT2D eigenvalue weighted by Gasteiger charge is -2.24. The molecule has 0 fully saturated rings. The third kappa shape index (κ3) is 4.06. The molecule has 0 spiro atoms. The zero-order chi connectivity index (χ0) is 12.0. The maximum Gasteiger partial charge on any atom is 0.167 e. The molecule has 0 aliphatic heterocycles. The molecule has 6 nitrogen and oxygen atoms in total. The first-order valence-corrected chi connectivity index (χ1v) is 4.42. The lowest BCUT2D eigenvalue weighted by Crippen LogP contribution is -2.48. The second-order valence-electron chi connectivity index (χ2n) is 3.14. The number of Topliss-reactive ketones (excluding diaryl/α,β-unsaturated/α-hetero) is 1. The quantitative estimate of drug-likeness (QED) is 0.304. The Hall–Kier alpha value is -0.790. The summed E-state index contributed by atoms with van der Waals surface area (Å²) >= 11 is 0. The van der Waals surface area contributed by atoms with Gasteiger partial charge in [0, 0.05) is 6.42 Å². The van der Waals surface area contributed by atoms with Crippen LogP contribution in [-0.2, 0) is 4.79 Å². The van der Waals surface area contributed by atoms with E-state index in [0.29, 0.717) is 0 Å². The fraction of sp³-hybridized carbons (Fsp3) is 0.667. The summed E-state index contributed by atoms with van der Waals surface area (Å²) in [5.41, 5.74) is 0. The number of carbonyl (C=O) groups excluding carboxylic acids is 1. The Morgan fingerprint density at radius 2 is 1.73 bits per heavy atom. The number of hydrogen-bond acceptors (Lipinski definition) is 6. The molecule has 4 atom stereocenters. The molecule has 0 aliphatic rings. The highest BCUT2D eigenvalue weighted by Gasteiger charge is 2.33. The lowest BCUT2D eigenvalue weighted by atomic mass is 9.99. The Labute approximate surface area is 87.1 Å². The Kier molecular flexibility index (Phi) is 6.30. The monoisotopic (exact) mass is 220 g/mol. The number of rotatable bonds is 7. The van der Waals surface area contributed by atoms with Crippen LogP contribution in [0.3, 0.4) is 0 Å². The molecule has 6 heteroatoms. The first-order valence-electron chi connectivity index (χ1n) is 4.42. The van der Waals surface area contributed by atoms with Crippen molar-refractivity contribution in [1.82, 2.24) is 0 Å². The van der Waals surface area contributed by atoms with Crippen LogP contribution in [0.25, 0.3) is 0 Å². The summed E-state index contributed by atoms with van der Waals surface area (Å²) < 4.78 is 0. The van der Waals surface area contributed by atoms with E-state index in [1.165, 1.54) is 6.08 Å². The van der Waals surface area contributed by atoms with Crippen molar-refractivity contribution in [2.45, 2.75) is 30.8 Å². The average Bonchev–Trinajstić information content (AvgIpc) is 2.25. The highest BCUT2D eigenvalue weighted by atomic mass is 16.4. The van der Waals surface area contributed by atoms with E-state index in [9.17, 15) is 20.1 Å². The normalized spacial score (nSPS) is 19.0. The Bertz CT molecular complexity index is 217. The highest BCUT2D eigenvalue weighted by Crippen LogP contribution is 2.07. The van der Waals surface area contributed by atoms with Gasteiger partial charge < -0.3 is 25.5 Å². The van der Waals surface area contributed by atoms with E-state index in [2.05, 4.69) is 6.58 Å². The van der Waals surface area contributed by atoms with Gasteiger partial charge in [-0.05, 0) is 0 Å². The summed E-state index contributed by atoms with van der Waals surface area (Å²) in [4.78, 5) is 11.1. The highest BCUT2D eigenvalue weighted by molar-refractivity contribution is 5.84. The molecule has 0 bridgehead atoms. The number of carbonyl (C=O) groups is 1. The Morgan fingerprint density at radius 3 is 2.13 bits per heavy atom. The molecular formula is C9H16O6. The van der Waals surface area contributed by atoms with E-state index in [4.69, 9.17) is 10.2 Å². The minimum atomic E-state index is -1.83. The molecule has 0 saturated carbocycles. The van der Waals surface area contributed by atoms with Gasteiger partial charge in [-0.3, -0.25) is 4.79 Å². The van der Waals surface area contributed by atoms with Gasteiger partial charge in [-0.15, -0.1) is 6.58 Å². The predicted octanol–water partition coefficient (Wildman–Crippen LogP) is -2.43. The minimum absolute atomic E-state index is 0.153. The maximum absolute atomic E-state index is 11.1. The summed E-state index contributed by atoms with van der Waals surface area (Å²) in [6.07, 6.45) is -5.93. The Morgan fingerprint density at radius 1 is 1.20 bits per heavy atom. The number of hydrogen-bond donors (Lipinski definition) is 5. The van der Waals surface area contributed by atoms with Crippen LogP contribution in [0.1, 0.15) is 6.42 Å². The summed E-state index contributed by atoms with van der Waals surface area (Å²) in [6, 6.07) is 0. The van der Waals surface area contributed by atoms with Crippen LogP contribution in [0, 0.1) is 0 Å². The van der Waals surface area contributed by atoms with Crippen LogP contribution >= 0.6 is 0 Å². The number of aliphatic hydroxyl groups excluding tert-OH is 5. The molecular weight excluding hydrogens is 204 g/mol. The van der Waals surface area contributed by atoms with Gasteiger partial charge in [0.2, 0.25) is 0 Å². The van der Waals surface area contributed by atoms with Gasteiger partial charge in [-0.2, -0.15) is 0 Å². The average molecular weight is 220 g/mol. The van der Waals surface area contributed by atoms with E-state index < -0.39 is 36.8 Å². The second kappa shape index (κ2) is 6.65. The fourth-order valence-corrected chi connectivity index (χ4v) is 0.976. The van der Waals surface area contributed by atoms with Crippen molar-refractivity contribution in [2.24, 2.45) is 0 Å². The van der Waals surface area contributed by atoms with Gasteiger partial charge in [0.1, 0.15) is 24.4 Å². The Balaban J connectivity index is 4.35. The van der Waals surface area contributed by atoms with Gasteiger partial charge in [0.15, 0.2) is 5.78 Å². The molecule has 0 rings (SSSR count). The van der Waals surface area contributed by atoms with Crippen LogP contribution in [0.4, 0.5) is 0 Å². The minimum Gasteiger partial charge on any atom is -0.394 e. The third-order valence-electron chi connectivity index (χ3n) is 1.93. The number of aliphatic hydroxyl groups is 5. The molecule has 0 heterocycles. The summed E-state index contributed by atoms with van der Waals surface area (Å²) in [5, 5.41) is 45.1. The van der Waals surface area contributed by atoms with E-state index >= 15 is 0 Å². The van der Waals surface area contributed by atoms with E-state index in [-0.39, 0.29) is 6.42 Å². The molecule has 15 heavy (non-hydrogen) atoms. The van der Waals surface area contributed by atoms with Crippen LogP contribution in [0.2, 0.25) is 0 Å². The molecule has 0 aromatic carbocycles. The molecule has 0 aliphatic carbocycles. The van der Waals surface area contributed by atoms with Gasteiger partial charge >= 0.3 is 0 Å². The van der Waals surface area contributed by atoms with Crippen molar-refractivity contribution in [3.8, 4) is 0 Å². The van der Waals surface area contributed by atoms with Gasteiger partial charge in [-0.1, -0.05) is 6.08 Å². The van der Waals surface area contributed by atoms with Crippen LogP contribution in [-0.4, -0.2) is 62.3 Å². The van der Waals surface area contributed by atoms with Crippen molar-refractivity contribution in [1.29, 1.82) is 0 Å². The SMILES string of the molecule is C=CCC(=O)[C@H](O)[C@@H](O)[C@H](O)[C@H](O)CO. The largest absolute Gasteiger partial charge is 0.394 e. The van der Waals surface area contributed by atoms with Crippen molar-refractivity contribution < 1.29 is 30.3 Å². The molecule has 0 aromatic heterocycles. The zero-order valence-electron chi connectivity index (χ0n) is 8.15. The number of ketones is 1. The molecule has 0 aromatic rings. The van der Waals surface area contributed by atoms with Crippen LogP contribution in [0.15, 0.2) is 12.7 Å². The van der Waals surface area contributed by atoms with Gasteiger partial charge in [-0.25, -0.2) is 0 Å². The van der Waals surface area contributed by atoms with Gasteiger partial charge in [0.25, 0.3) is 0 Å². The second-order valence-corrected chi connectivity index (χ2v) is 3.14. The summed E-state index contributed by atoms with van der Waals surface area (Å²) in [5.74, 6) is -0.721. The molecule has 0 amide bonds. The van der Waals surface area contributed by atoms with Crippen molar-refractivity contribution in [2.75, 3.05) is 6.61 Å². The third-order valence-corrected chi connectivity index (χ3v) is 1.93. The molecule has 0 unspecified atom stereocenters.